The smallest absolute Gasteiger partial charge is 0.140 e. The Morgan fingerprint density at radius 2 is 2.25 bits per heavy atom. The van der Waals surface area contributed by atoms with Crippen LogP contribution < -0.4 is 5.32 Å². The van der Waals surface area contributed by atoms with Gasteiger partial charge in [0.25, 0.3) is 0 Å². The van der Waals surface area contributed by atoms with Crippen LogP contribution in [0.4, 0.5) is 5.82 Å². The molecule has 2 aromatic heterocycles. The molecule has 2 rings (SSSR count). The second-order valence-corrected chi connectivity index (χ2v) is 5.96. The summed E-state index contributed by atoms with van der Waals surface area (Å²) in [6.45, 7) is 2.12. The molecule has 0 amide bonds. The molecule has 16 heavy (non-hydrogen) atoms. The Hall–Kier alpha value is -0.390. The molecule has 2 aromatic rings. The monoisotopic (exact) mass is 360 g/mol. The van der Waals surface area contributed by atoms with Crippen molar-refractivity contribution in [3.05, 3.63) is 43.6 Å². The van der Waals surface area contributed by atoms with Gasteiger partial charge in [-0.2, -0.15) is 11.3 Å². The summed E-state index contributed by atoms with van der Waals surface area (Å²) in [5.41, 5.74) is 1.28. The van der Waals surface area contributed by atoms with Gasteiger partial charge in [0.15, 0.2) is 0 Å². The third-order valence-corrected chi connectivity index (χ3v) is 3.94. The molecule has 1 atom stereocenters. The molecule has 0 bridgehead atoms. The number of anilines is 1. The summed E-state index contributed by atoms with van der Waals surface area (Å²) in [5, 5.41) is 7.59. The topological polar surface area (TPSA) is 24.9 Å². The van der Waals surface area contributed by atoms with E-state index >= 15 is 0 Å². The summed E-state index contributed by atoms with van der Waals surface area (Å²) in [6, 6.07) is 4.36. The zero-order valence-electron chi connectivity index (χ0n) is 8.58. The van der Waals surface area contributed by atoms with Crippen LogP contribution in [0.3, 0.4) is 0 Å². The van der Waals surface area contributed by atoms with E-state index in [4.69, 9.17) is 0 Å². The second kappa shape index (κ2) is 5.29. The van der Waals surface area contributed by atoms with Crippen molar-refractivity contribution in [1.82, 2.24) is 4.98 Å². The van der Waals surface area contributed by atoms with E-state index < -0.39 is 0 Å². The molecule has 0 saturated carbocycles. The van der Waals surface area contributed by atoms with E-state index in [0.29, 0.717) is 0 Å². The summed E-state index contributed by atoms with van der Waals surface area (Å²) in [6.07, 6.45) is 1.79. The Morgan fingerprint density at radius 3 is 2.88 bits per heavy atom. The highest BCUT2D eigenvalue weighted by molar-refractivity contribution is 9.11. The van der Waals surface area contributed by atoms with Crippen LogP contribution in [0.15, 0.2) is 38.0 Å². The van der Waals surface area contributed by atoms with Crippen molar-refractivity contribution < 1.29 is 0 Å². The van der Waals surface area contributed by atoms with E-state index in [9.17, 15) is 0 Å². The van der Waals surface area contributed by atoms with Gasteiger partial charge in [-0.3, -0.25) is 0 Å². The van der Waals surface area contributed by atoms with Crippen molar-refractivity contribution in [2.24, 2.45) is 0 Å². The summed E-state index contributed by atoms with van der Waals surface area (Å²) in [4.78, 5) is 4.33. The summed E-state index contributed by atoms with van der Waals surface area (Å²) >= 11 is 8.57. The molecule has 2 heterocycles. The number of hydrogen-bond donors (Lipinski definition) is 1. The van der Waals surface area contributed by atoms with Gasteiger partial charge in [0.2, 0.25) is 0 Å². The van der Waals surface area contributed by atoms with Gasteiger partial charge >= 0.3 is 0 Å². The zero-order chi connectivity index (χ0) is 11.5. The molecule has 84 valence electrons. The molecule has 1 unspecified atom stereocenters. The highest BCUT2D eigenvalue weighted by Gasteiger charge is 2.08. The van der Waals surface area contributed by atoms with Gasteiger partial charge in [-0.05, 0) is 67.2 Å². The van der Waals surface area contributed by atoms with Crippen molar-refractivity contribution in [1.29, 1.82) is 0 Å². The first-order valence-corrected chi connectivity index (χ1v) is 7.29. The summed E-state index contributed by atoms with van der Waals surface area (Å²) in [5.74, 6) is 0.863. The molecule has 2 nitrogen and oxygen atoms in total. The van der Waals surface area contributed by atoms with E-state index in [1.54, 1.807) is 17.5 Å². The lowest BCUT2D eigenvalue weighted by atomic mass is 10.2. The average Bonchev–Trinajstić information content (AvgIpc) is 2.75. The maximum atomic E-state index is 4.33. The minimum absolute atomic E-state index is 0.260. The van der Waals surface area contributed by atoms with E-state index in [2.05, 4.69) is 65.9 Å². The molecule has 0 aliphatic heterocycles. The van der Waals surface area contributed by atoms with Crippen LogP contribution in [0.2, 0.25) is 0 Å². The van der Waals surface area contributed by atoms with Crippen LogP contribution in [0.25, 0.3) is 0 Å². The predicted molar refractivity (Wildman–Crippen MR) is 76.0 cm³/mol. The maximum absolute atomic E-state index is 4.33. The van der Waals surface area contributed by atoms with Crippen molar-refractivity contribution in [3.8, 4) is 0 Å². The highest BCUT2D eigenvalue weighted by Crippen LogP contribution is 2.27. The fourth-order valence-corrected chi connectivity index (χ4v) is 3.19. The van der Waals surface area contributed by atoms with Gasteiger partial charge in [0, 0.05) is 10.7 Å². The van der Waals surface area contributed by atoms with Crippen LogP contribution in [-0.2, 0) is 0 Å². The fraction of sp³-hybridized carbons (Fsp3) is 0.182. The lowest BCUT2D eigenvalue weighted by molar-refractivity contribution is 0.878. The molecule has 1 N–H and O–H groups in total. The first-order valence-electron chi connectivity index (χ1n) is 4.76. The number of aromatic nitrogens is 1. The minimum atomic E-state index is 0.260. The Kier molecular flexibility index (Phi) is 4.00. The Balaban J connectivity index is 2.15. The minimum Gasteiger partial charge on any atom is -0.363 e. The molecule has 0 spiro atoms. The number of nitrogens with zero attached hydrogens (tertiary/aromatic N) is 1. The number of pyridine rings is 1. The average molecular weight is 362 g/mol. The number of rotatable bonds is 3. The molecule has 0 radical (unpaired) electrons. The second-order valence-electron chi connectivity index (χ2n) is 3.41. The first-order chi connectivity index (χ1) is 7.66. The quantitative estimate of drug-likeness (QED) is 0.845. The van der Waals surface area contributed by atoms with E-state index in [0.717, 1.165) is 14.8 Å². The molecular formula is C11H10Br2N2S. The van der Waals surface area contributed by atoms with Gasteiger partial charge in [-0.15, -0.1) is 0 Å². The van der Waals surface area contributed by atoms with Crippen molar-refractivity contribution >= 4 is 49.0 Å². The van der Waals surface area contributed by atoms with Crippen LogP contribution in [0, 0.1) is 0 Å². The van der Waals surface area contributed by atoms with Gasteiger partial charge in [-0.1, -0.05) is 0 Å². The number of thiophene rings is 1. The zero-order valence-corrected chi connectivity index (χ0v) is 12.6. The first kappa shape index (κ1) is 12.1. The maximum Gasteiger partial charge on any atom is 0.140 e. The van der Waals surface area contributed by atoms with E-state index in [1.807, 2.05) is 6.07 Å². The molecule has 0 aliphatic carbocycles. The number of hydrogen-bond acceptors (Lipinski definition) is 3. The van der Waals surface area contributed by atoms with Crippen LogP contribution in [0.1, 0.15) is 18.5 Å². The summed E-state index contributed by atoms with van der Waals surface area (Å²) in [7, 11) is 0. The predicted octanol–water partition coefficient (Wildman–Crippen LogP) is 4.84. The van der Waals surface area contributed by atoms with Gasteiger partial charge in [-0.25, -0.2) is 4.98 Å². The fourth-order valence-electron chi connectivity index (χ4n) is 1.33. The van der Waals surface area contributed by atoms with Crippen LogP contribution in [-0.4, -0.2) is 4.98 Å². The largest absolute Gasteiger partial charge is 0.363 e. The SMILES string of the molecule is CC(Nc1ncc(Br)cc1Br)c1ccsc1. The third kappa shape index (κ3) is 2.84. The standard InChI is InChI=1S/C11H10Br2N2S/c1-7(8-2-3-16-6-8)15-11-10(13)4-9(12)5-14-11/h2-7H,1H3,(H,14,15). The lowest BCUT2D eigenvalue weighted by Crippen LogP contribution is -2.07. The summed E-state index contributed by atoms with van der Waals surface area (Å²) < 4.78 is 1.93. The molecule has 0 aromatic carbocycles. The highest BCUT2D eigenvalue weighted by atomic mass is 79.9. The Bertz CT molecular complexity index is 471. The number of halogens is 2. The van der Waals surface area contributed by atoms with Gasteiger partial charge in [0.05, 0.1) is 10.5 Å². The Morgan fingerprint density at radius 1 is 1.44 bits per heavy atom. The lowest BCUT2D eigenvalue weighted by Gasteiger charge is -2.14. The number of nitrogens with one attached hydrogen (secondary N) is 1. The van der Waals surface area contributed by atoms with Crippen molar-refractivity contribution in [3.63, 3.8) is 0 Å². The molecule has 0 aliphatic rings. The van der Waals surface area contributed by atoms with Crippen molar-refractivity contribution in [2.45, 2.75) is 13.0 Å². The van der Waals surface area contributed by atoms with E-state index in [1.165, 1.54) is 5.56 Å². The molecule has 0 fully saturated rings. The van der Waals surface area contributed by atoms with Gasteiger partial charge < -0.3 is 5.32 Å². The molecular weight excluding hydrogens is 352 g/mol. The van der Waals surface area contributed by atoms with Crippen molar-refractivity contribution in [2.75, 3.05) is 5.32 Å². The molecule has 0 saturated heterocycles. The van der Waals surface area contributed by atoms with Gasteiger partial charge in [0.1, 0.15) is 5.82 Å². The molecule has 5 heteroatoms. The Labute approximate surface area is 115 Å². The van der Waals surface area contributed by atoms with Crippen LogP contribution in [0.5, 0.6) is 0 Å². The third-order valence-electron chi connectivity index (χ3n) is 2.20. The van der Waals surface area contributed by atoms with E-state index in [-0.39, 0.29) is 6.04 Å². The normalized spacial score (nSPS) is 12.4. The van der Waals surface area contributed by atoms with Crippen LogP contribution >= 0.6 is 43.2 Å².